The molecule has 0 spiro atoms. The quantitative estimate of drug-likeness (QED) is 0.896. The molecule has 0 saturated carbocycles. The molecule has 1 N–H and O–H groups in total. The van der Waals surface area contributed by atoms with Crippen LogP contribution >= 0.6 is 0 Å². The number of piperidine rings is 1. The number of hydrogen-bond donors (Lipinski definition) is 1. The average Bonchev–Trinajstić information content (AvgIpc) is 2.81. The van der Waals surface area contributed by atoms with Gasteiger partial charge in [0.2, 0.25) is 5.91 Å². The predicted octanol–water partition coefficient (Wildman–Crippen LogP) is 2.09. The minimum atomic E-state index is 0.0748. The molecule has 1 atom stereocenters. The molecule has 6 nitrogen and oxygen atoms in total. The van der Waals surface area contributed by atoms with Crippen molar-refractivity contribution in [2.75, 3.05) is 38.0 Å². The standard InChI is InChI=1S/C18H31N5O/c1-21-13-16(12-19-21)20-18(24)15-23-11-7-4-8-17(23)14-22-9-5-2-3-6-10-22/h12-13,17H,2-11,14-15H2,1H3,(H,20,24). The molecular formula is C18H31N5O. The van der Waals surface area contributed by atoms with Gasteiger partial charge in [-0.15, -0.1) is 0 Å². The van der Waals surface area contributed by atoms with E-state index < -0.39 is 0 Å². The molecule has 1 unspecified atom stereocenters. The molecule has 6 heteroatoms. The zero-order valence-corrected chi connectivity index (χ0v) is 14.9. The summed E-state index contributed by atoms with van der Waals surface area (Å²) in [6.45, 7) is 5.12. The van der Waals surface area contributed by atoms with E-state index in [1.165, 1.54) is 58.0 Å². The Hall–Kier alpha value is -1.40. The maximum atomic E-state index is 12.4. The van der Waals surface area contributed by atoms with E-state index in [2.05, 4.69) is 20.2 Å². The Labute approximate surface area is 145 Å². The Balaban J connectivity index is 1.52. The van der Waals surface area contributed by atoms with E-state index in [9.17, 15) is 4.79 Å². The van der Waals surface area contributed by atoms with Crippen LogP contribution in [-0.2, 0) is 11.8 Å². The first-order chi connectivity index (χ1) is 11.7. The molecule has 2 saturated heterocycles. The van der Waals surface area contributed by atoms with Gasteiger partial charge in [0, 0.05) is 25.8 Å². The van der Waals surface area contributed by atoms with Crippen LogP contribution in [0.25, 0.3) is 0 Å². The van der Waals surface area contributed by atoms with Crippen LogP contribution in [0.5, 0.6) is 0 Å². The minimum Gasteiger partial charge on any atom is -0.322 e. The molecule has 1 aromatic rings. The first kappa shape index (κ1) is 17.4. The summed E-state index contributed by atoms with van der Waals surface area (Å²) in [5.74, 6) is 0.0748. The lowest BCUT2D eigenvalue weighted by molar-refractivity contribution is -0.118. The fourth-order valence-corrected chi connectivity index (χ4v) is 3.96. The highest BCUT2D eigenvalue weighted by Gasteiger charge is 2.26. The van der Waals surface area contributed by atoms with Gasteiger partial charge in [0.15, 0.2) is 0 Å². The lowest BCUT2D eigenvalue weighted by atomic mass is 10.0. The lowest BCUT2D eigenvalue weighted by Crippen LogP contribution is -2.49. The number of anilines is 1. The molecule has 2 aliphatic heterocycles. The summed E-state index contributed by atoms with van der Waals surface area (Å²) in [7, 11) is 1.86. The van der Waals surface area contributed by atoms with Crippen molar-refractivity contribution in [1.29, 1.82) is 0 Å². The highest BCUT2D eigenvalue weighted by molar-refractivity contribution is 5.92. The van der Waals surface area contributed by atoms with E-state index in [0.717, 1.165) is 18.8 Å². The van der Waals surface area contributed by atoms with Gasteiger partial charge in [0.1, 0.15) is 0 Å². The Bertz CT molecular complexity index is 521. The van der Waals surface area contributed by atoms with Gasteiger partial charge in [-0.3, -0.25) is 14.4 Å². The summed E-state index contributed by atoms with van der Waals surface area (Å²) >= 11 is 0. The van der Waals surface area contributed by atoms with Gasteiger partial charge < -0.3 is 10.2 Å². The number of amides is 1. The number of nitrogens with zero attached hydrogens (tertiary/aromatic N) is 4. The highest BCUT2D eigenvalue weighted by Crippen LogP contribution is 2.20. The fourth-order valence-electron chi connectivity index (χ4n) is 3.96. The van der Waals surface area contributed by atoms with Crippen LogP contribution in [-0.4, -0.2) is 64.3 Å². The third kappa shape index (κ3) is 5.05. The van der Waals surface area contributed by atoms with E-state index in [1.54, 1.807) is 10.9 Å². The molecule has 3 heterocycles. The smallest absolute Gasteiger partial charge is 0.238 e. The van der Waals surface area contributed by atoms with Gasteiger partial charge >= 0.3 is 0 Å². The molecule has 1 amide bonds. The van der Waals surface area contributed by atoms with E-state index in [4.69, 9.17) is 0 Å². The molecule has 0 radical (unpaired) electrons. The molecule has 3 rings (SSSR count). The average molecular weight is 333 g/mol. The van der Waals surface area contributed by atoms with Crippen LogP contribution in [0.2, 0.25) is 0 Å². The molecule has 2 fully saturated rings. The number of likely N-dealkylation sites (tertiary alicyclic amines) is 2. The van der Waals surface area contributed by atoms with Crippen LogP contribution in [0, 0.1) is 0 Å². The van der Waals surface area contributed by atoms with Crippen molar-refractivity contribution in [3.8, 4) is 0 Å². The van der Waals surface area contributed by atoms with Crippen LogP contribution in [0.4, 0.5) is 5.69 Å². The molecule has 134 valence electrons. The molecule has 24 heavy (non-hydrogen) atoms. The monoisotopic (exact) mass is 333 g/mol. The third-order valence-electron chi connectivity index (χ3n) is 5.25. The fraction of sp³-hybridized carbons (Fsp3) is 0.778. The van der Waals surface area contributed by atoms with Gasteiger partial charge in [0.05, 0.1) is 18.4 Å². The van der Waals surface area contributed by atoms with Crippen molar-refractivity contribution < 1.29 is 4.79 Å². The molecule has 0 bridgehead atoms. The summed E-state index contributed by atoms with van der Waals surface area (Å²) < 4.78 is 1.71. The zero-order chi connectivity index (χ0) is 16.8. The maximum absolute atomic E-state index is 12.4. The van der Waals surface area contributed by atoms with E-state index in [1.807, 2.05) is 13.2 Å². The predicted molar refractivity (Wildman–Crippen MR) is 96.0 cm³/mol. The topological polar surface area (TPSA) is 53.4 Å². The summed E-state index contributed by atoms with van der Waals surface area (Å²) in [6.07, 6.45) is 12.7. The molecular weight excluding hydrogens is 302 g/mol. The number of nitrogens with one attached hydrogen (secondary N) is 1. The SMILES string of the molecule is Cn1cc(NC(=O)CN2CCCCC2CN2CCCCCC2)cn1. The number of hydrogen-bond acceptors (Lipinski definition) is 4. The van der Waals surface area contributed by atoms with Crippen molar-refractivity contribution in [2.24, 2.45) is 7.05 Å². The van der Waals surface area contributed by atoms with Crippen LogP contribution in [0.15, 0.2) is 12.4 Å². The lowest BCUT2D eigenvalue weighted by Gasteiger charge is -2.38. The second-order valence-electron chi connectivity index (χ2n) is 7.29. The molecule has 2 aliphatic rings. The second kappa shape index (κ2) is 8.62. The van der Waals surface area contributed by atoms with Gasteiger partial charge in [0.25, 0.3) is 0 Å². The van der Waals surface area contributed by atoms with Crippen LogP contribution in [0.3, 0.4) is 0 Å². The van der Waals surface area contributed by atoms with Gasteiger partial charge in [-0.25, -0.2) is 0 Å². The Morgan fingerprint density at radius 2 is 1.92 bits per heavy atom. The van der Waals surface area contributed by atoms with Crippen molar-refractivity contribution in [3.63, 3.8) is 0 Å². The van der Waals surface area contributed by atoms with Crippen molar-refractivity contribution in [2.45, 2.75) is 51.0 Å². The van der Waals surface area contributed by atoms with Crippen molar-refractivity contribution >= 4 is 11.6 Å². The number of aryl methyl sites for hydroxylation is 1. The minimum absolute atomic E-state index is 0.0748. The van der Waals surface area contributed by atoms with Gasteiger partial charge in [-0.2, -0.15) is 5.10 Å². The Kier molecular flexibility index (Phi) is 6.26. The van der Waals surface area contributed by atoms with Crippen molar-refractivity contribution in [3.05, 3.63) is 12.4 Å². The van der Waals surface area contributed by atoms with Gasteiger partial charge in [-0.1, -0.05) is 19.3 Å². The highest BCUT2D eigenvalue weighted by atomic mass is 16.2. The molecule has 1 aromatic heterocycles. The second-order valence-corrected chi connectivity index (χ2v) is 7.29. The maximum Gasteiger partial charge on any atom is 0.238 e. The van der Waals surface area contributed by atoms with Crippen LogP contribution < -0.4 is 5.32 Å². The Morgan fingerprint density at radius 3 is 2.62 bits per heavy atom. The molecule has 0 aromatic carbocycles. The first-order valence-corrected chi connectivity index (χ1v) is 9.45. The van der Waals surface area contributed by atoms with Gasteiger partial charge in [-0.05, 0) is 45.3 Å². The number of carbonyl (C=O) groups is 1. The van der Waals surface area contributed by atoms with E-state index in [0.29, 0.717) is 12.6 Å². The number of rotatable bonds is 5. The van der Waals surface area contributed by atoms with E-state index in [-0.39, 0.29) is 5.91 Å². The van der Waals surface area contributed by atoms with Crippen molar-refractivity contribution in [1.82, 2.24) is 19.6 Å². The largest absolute Gasteiger partial charge is 0.322 e. The number of carbonyl (C=O) groups excluding carboxylic acids is 1. The summed E-state index contributed by atoms with van der Waals surface area (Å²) in [6, 6.07) is 0.525. The van der Waals surface area contributed by atoms with Crippen LogP contribution in [0.1, 0.15) is 44.9 Å². The summed E-state index contributed by atoms with van der Waals surface area (Å²) in [4.78, 5) is 17.4. The zero-order valence-electron chi connectivity index (χ0n) is 14.9. The summed E-state index contributed by atoms with van der Waals surface area (Å²) in [5.41, 5.74) is 0.781. The normalized spacial score (nSPS) is 23.8. The third-order valence-corrected chi connectivity index (χ3v) is 5.25. The molecule has 0 aliphatic carbocycles. The first-order valence-electron chi connectivity index (χ1n) is 9.45. The number of aromatic nitrogens is 2. The van der Waals surface area contributed by atoms with E-state index >= 15 is 0 Å². The Morgan fingerprint density at radius 1 is 1.17 bits per heavy atom. The summed E-state index contributed by atoms with van der Waals surface area (Å²) in [5, 5.41) is 7.07.